The summed E-state index contributed by atoms with van der Waals surface area (Å²) in [6.45, 7) is 2.65. The standard InChI is InChI=1S/C18H20ClNO3/c1-12(17(23-2)15-5-3-4-6-16(15)19)20-11-13-7-9-14(10-8-13)18(21)22/h3-10,12,17,20H,11H2,1-2H3,(H,21,22). The van der Waals surface area contributed by atoms with Crippen LogP contribution in [0.3, 0.4) is 0 Å². The summed E-state index contributed by atoms with van der Waals surface area (Å²) in [4.78, 5) is 10.9. The Balaban J connectivity index is 2.01. The molecule has 0 aromatic heterocycles. The molecule has 0 aliphatic rings. The maximum atomic E-state index is 10.9. The second-order valence-electron chi connectivity index (χ2n) is 5.35. The third-order valence-corrected chi connectivity index (χ3v) is 4.09. The van der Waals surface area contributed by atoms with Crippen molar-refractivity contribution >= 4 is 17.6 Å². The van der Waals surface area contributed by atoms with Crippen molar-refractivity contribution in [1.82, 2.24) is 5.32 Å². The van der Waals surface area contributed by atoms with Crippen LogP contribution in [0, 0.1) is 0 Å². The Morgan fingerprint density at radius 1 is 1.22 bits per heavy atom. The molecule has 0 aliphatic heterocycles. The Morgan fingerprint density at radius 2 is 1.87 bits per heavy atom. The highest BCUT2D eigenvalue weighted by Gasteiger charge is 2.20. The molecule has 4 nitrogen and oxygen atoms in total. The zero-order valence-electron chi connectivity index (χ0n) is 13.1. The minimum absolute atomic E-state index is 0.0408. The highest BCUT2D eigenvalue weighted by molar-refractivity contribution is 6.31. The molecule has 5 heteroatoms. The molecule has 0 fully saturated rings. The Labute approximate surface area is 141 Å². The highest BCUT2D eigenvalue weighted by atomic mass is 35.5. The van der Waals surface area contributed by atoms with Gasteiger partial charge in [-0.3, -0.25) is 0 Å². The molecular weight excluding hydrogens is 314 g/mol. The maximum absolute atomic E-state index is 10.9. The molecule has 0 spiro atoms. The SMILES string of the molecule is COC(c1ccccc1Cl)C(C)NCc1ccc(C(=O)O)cc1. The largest absolute Gasteiger partial charge is 0.478 e. The van der Waals surface area contributed by atoms with Crippen molar-refractivity contribution in [3.8, 4) is 0 Å². The van der Waals surface area contributed by atoms with E-state index in [0.29, 0.717) is 11.6 Å². The first-order chi connectivity index (χ1) is 11.0. The summed E-state index contributed by atoms with van der Waals surface area (Å²) in [7, 11) is 1.66. The third kappa shape index (κ3) is 4.55. The van der Waals surface area contributed by atoms with Gasteiger partial charge in [-0.2, -0.15) is 0 Å². The number of aromatic carboxylic acids is 1. The van der Waals surface area contributed by atoms with E-state index in [-0.39, 0.29) is 17.7 Å². The van der Waals surface area contributed by atoms with Gasteiger partial charge in [0.25, 0.3) is 0 Å². The van der Waals surface area contributed by atoms with Gasteiger partial charge in [-0.15, -0.1) is 0 Å². The van der Waals surface area contributed by atoms with Gasteiger partial charge in [-0.1, -0.05) is 41.9 Å². The number of carboxylic acids is 1. The molecule has 0 saturated carbocycles. The van der Waals surface area contributed by atoms with Crippen molar-refractivity contribution in [3.63, 3.8) is 0 Å². The molecule has 2 aromatic rings. The van der Waals surface area contributed by atoms with Crippen LogP contribution in [0.5, 0.6) is 0 Å². The highest BCUT2D eigenvalue weighted by Crippen LogP contribution is 2.27. The van der Waals surface area contributed by atoms with Crippen molar-refractivity contribution in [2.24, 2.45) is 0 Å². The predicted molar refractivity (Wildman–Crippen MR) is 90.9 cm³/mol. The molecule has 0 bridgehead atoms. The van der Waals surface area contributed by atoms with Crippen LogP contribution in [0.1, 0.15) is 34.5 Å². The Kier molecular flexibility index (Phi) is 6.16. The van der Waals surface area contributed by atoms with Gasteiger partial charge in [0.1, 0.15) is 0 Å². The fourth-order valence-corrected chi connectivity index (χ4v) is 2.70. The molecule has 0 saturated heterocycles. The lowest BCUT2D eigenvalue weighted by atomic mass is 10.0. The zero-order valence-corrected chi connectivity index (χ0v) is 13.9. The average Bonchev–Trinajstić information content (AvgIpc) is 2.55. The number of carboxylic acid groups (broad SMARTS) is 1. The number of nitrogens with one attached hydrogen (secondary N) is 1. The topological polar surface area (TPSA) is 58.6 Å². The smallest absolute Gasteiger partial charge is 0.335 e. The van der Waals surface area contributed by atoms with E-state index in [1.165, 1.54) is 0 Å². The van der Waals surface area contributed by atoms with Crippen molar-refractivity contribution in [1.29, 1.82) is 0 Å². The van der Waals surface area contributed by atoms with Crippen molar-refractivity contribution < 1.29 is 14.6 Å². The first-order valence-electron chi connectivity index (χ1n) is 7.35. The Morgan fingerprint density at radius 3 is 2.43 bits per heavy atom. The molecule has 0 amide bonds. The number of ether oxygens (including phenoxy) is 1. The van der Waals surface area contributed by atoms with Crippen molar-refractivity contribution in [2.45, 2.75) is 25.6 Å². The van der Waals surface area contributed by atoms with E-state index >= 15 is 0 Å². The molecule has 122 valence electrons. The average molecular weight is 334 g/mol. The van der Waals surface area contributed by atoms with Gasteiger partial charge in [0.15, 0.2) is 0 Å². The molecule has 0 heterocycles. The Hall–Kier alpha value is -1.88. The lowest BCUT2D eigenvalue weighted by Gasteiger charge is -2.25. The first-order valence-corrected chi connectivity index (χ1v) is 7.73. The predicted octanol–water partition coefficient (Wildman–Crippen LogP) is 3.90. The molecule has 0 radical (unpaired) electrons. The van der Waals surface area contributed by atoms with Gasteiger partial charge in [-0.25, -0.2) is 4.79 Å². The van der Waals surface area contributed by atoms with E-state index in [9.17, 15) is 4.79 Å². The lowest BCUT2D eigenvalue weighted by molar-refractivity contribution is 0.0697. The van der Waals surface area contributed by atoms with E-state index in [0.717, 1.165) is 11.1 Å². The number of carbonyl (C=O) groups is 1. The second-order valence-corrected chi connectivity index (χ2v) is 5.76. The van der Waals surface area contributed by atoms with E-state index in [4.69, 9.17) is 21.4 Å². The van der Waals surface area contributed by atoms with Crippen LogP contribution >= 0.6 is 11.6 Å². The van der Waals surface area contributed by atoms with Crippen LogP contribution in [-0.2, 0) is 11.3 Å². The van der Waals surface area contributed by atoms with Gasteiger partial charge in [0.2, 0.25) is 0 Å². The van der Waals surface area contributed by atoms with Crippen molar-refractivity contribution in [3.05, 3.63) is 70.2 Å². The maximum Gasteiger partial charge on any atom is 0.335 e. The van der Waals surface area contributed by atoms with Crippen LogP contribution in [0.25, 0.3) is 0 Å². The molecule has 2 aromatic carbocycles. The fraction of sp³-hybridized carbons (Fsp3) is 0.278. The molecule has 23 heavy (non-hydrogen) atoms. The lowest BCUT2D eigenvalue weighted by Crippen LogP contribution is -2.32. The molecule has 0 aliphatic carbocycles. The van der Waals surface area contributed by atoms with Crippen molar-refractivity contribution in [2.75, 3.05) is 7.11 Å². The monoisotopic (exact) mass is 333 g/mol. The number of methoxy groups -OCH3 is 1. The molecule has 2 atom stereocenters. The van der Waals surface area contributed by atoms with Crippen LogP contribution in [-0.4, -0.2) is 24.2 Å². The number of benzene rings is 2. The summed E-state index contributed by atoms with van der Waals surface area (Å²) in [5, 5.41) is 13.0. The van der Waals surface area contributed by atoms with Crippen LogP contribution in [0.2, 0.25) is 5.02 Å². The quantitative estimate of drug-likeness (QED) is 0.806. The van der Waals surface area contributed by atoms with Gasteiger partial charge >= 0.3 is 5.97 Å². The van der Waals surface area contributed by atoms with Gasteiger partial charge < -0.3 is 15.2 Å². The van der Waals surface area contributed by atoms with Crippen LogP contribution in [0.4, 0.5) is 0 Å². The van der Waals surface area contributed by atoms with Crippen LogP contribution < -0.4 is 5.32 Å². The van der Waals surface area contributed by atoms with E-state index in [1.54, 1.807) is 31.4 Å². The van der Waals surface area contributed by atoms with Gasteiger partial charge in [-0.05, 0) is 30.7 Å². The minimum atomic E-state index is -0.920. The second kappa shape index (κ2) is 8.11. The molecule has 2 rings (SSSR count). The third-order valence-electron chi connectivity index (χ3n) is 3.75. The van der Waals surface area contributed by atoms with Gasteiger partial charge in [0.05, 0.1) is 11.7 Å². The number of rotatable bonds is 7. The number of hydrogen-bond acceptors (Lipinski definition) is 3. The summed E-state index contributed by atoms with van der Waals surface area (Å²) in [6, 6.07) is 14.5. The molecular formula is C18H20ClNO3. The summed E-state index contributed by atoms with van der Waals surface area (Å²) in [6.07, 6.45) is -0.165. The fourth-order valence-electron chi connectivity index (χ4n) is 2.46. The molecule has 2 unspecified atom stereocenters. The normalized spacial score (nSPS) is 13.5. The minimum Gasteiger partial charge on any atom is -0.478 e. The molecule has 2 N–H and O–H groups in total. The summed E-state index contributed by atoms with van der Waals surface area (Å²) >= 11 is 6.24. The van der Waals surface area contributed by atoms with Crippen LogP contribution in [0.15, 0.2) is 48.5 Å². The number of hydrogen-bond donors (Lipinski definition) is 2. The first kappa shape index (κ1) is 17.5. The van der Waals surface area contributed by atoms with E-state index < -0.39 is 5.97 Å². The van der Waals surface area contributed by atoms with E-state index in [2.05, 4.69) is 5.32 Å². The summed E-state index contributed by atoms with van der Waals surface area (Å²) in [5.41, 5.74) is 2.24. The summed E-state index contributed by atoms with van der Waals surface area (Å²) < 4.78 is 5.59. The number of halogens is 1. The summed E-state index contributed by atoms with van der Waals surface area (Å²) in [5.74, 6) is -0.920. The van der Waals surface area contributed by atoms with E-state index in [1.807, 2.05) is 31.2 Å². The zero-order chi connectivity index (χ0) is 16.8. The van der Waals surface area contributed by atoms with Gasteiger partial charge in [0, 0.05) is 30.3 Å². The Bertz CT molecular complexity index is 658.